The number of hydrogen-bond donors (Lipinski definition) is 0. The summed E-state index contributed by atoms with van der Waals surface area (Å²) in [5, 5.41) is 0. The van der Waals surface area contributed by atoms with Crippen LogP contribution in [0, 0.1) is 0 Å². The second kappa shape index (κ2) is 14.7. The maximum Gasteiger partial charge on any atom is 0.306 e. The highest BCUT2D eigenvalue weighted by Crippen LogP contribution is 2.12. The zero-order valence-corrected chi connectivity index (χ0v) is 16.3. The quantitative estimate of drug-likeness (QED) is 0.276. The minimum Gasteiger partial charge on any atom is -0.466 e. The van der Waals surface area contributed by atoms with Crippen LogP contribution >= 0.6 is 0 Å². The van der Waals surface area contributed by atoms with Crippen molar-refractivity contribution in [2.24, 2.45) is 0 Å². The molecule has 0 fully saturated rings. The summed E-state index contributed by atoms with van der Waals surface area (Å²) in [5.41, 5.74) is 2.62. The van der Waals surface area contributed by atoms with Crippen LogP contribution in [0.5, 0.6) is 0 Å². The standard InChI is InChI=1S/C23H36O2/c1-3-5-6-7-8-9-10-13-21-16-18-22(19-17-21)14-11-12-15-23(24)25-20-4-2/h11,14,16-19H,3-10,12-13,15,20H2,1-2H3. The molecular formula is C23H36O2. The third-order valence-corrected chi connectivity index (χ3v) is 4.34. The predicted octanol–water partition coefficient (Wildman–Crippen LogP) is 6.73. The van der Waals surface area contributed by atoms with Gasteiger partial charge in [0.25, 0.3) is 0 Å². The van der Waals surface area contributed by atoms with E-state index in [1.807, 2.05) is 6.92 Å². The number of unbranched alkanes of at least 4 members (excludes halogenated alkanes) is 6. The number of esters is 1. The van der Waals surface area contributed by atoms with Crippen LogP contribution in [0.4, 0.5) is 0 Å². The molecule has 0 bridgehead atoms. The smallest absolute Gasteiger partial charge is 0.306 e. The molecule has 0 unspecified atom stereocenters. The molecule has 140 valence electrons. The zero-order valence-electron chi connectivity index (χ0n) is 16.3. The number of allylic oxidation sites excluding steroid dienone is 1. The average Bonchev–Trinajstić information content (AvgIpc) is 2.64. The minimum atomic E-state index is -0.100. The summed E-state index contributed by atoms with van der Waals surface area (Å²) in [5.74, 6) is -0.100. The van der Waals surface area contributed by atoms with Gasteiger partial charge in [-0.25, -0.2) is 0 Å². The highest BCUT2D eigenvalue weighted by Gasteiger charge is 1.99. The van der Waals surface area contributed by atoms with E-state index in [2.05, 4.69) is 43.3 Å². The molecule has 2 heteroatoms. The summed E-state index contributed by atoms with van der Waals surface area (Å²) in [7, 11) is 0. The Hall–Kier alpha value is -1.57. The highest BCUT2D eigenvalue weighted by molar-refractivity contribution is 5.69. The van der Waals surface area contributed by atoms with E-state index in [-0.39, 0.29) is 5.97 Å². The number of hydrogen-bond acceptors (Lipinski definition) is 2. The zero-order chi connectivity index (χ0) is 18.2. The van der Waals surface area contributed by atoms with Crippen molar-refractivity contribution in [1.82, 2.24) is 0 Å². The van der Waals surface area contributed by atoms with E-state index in [1.165, 1.54) is 62.5 Å². The molecule has 0 aliphatic carbocycles. The van der Waals surface area contributed by atoms with Gasteiger partial charge in [0.15, 0.2) is 0 Å². The molecule has 25 heavy (non-hydrogen) atoms. The van der Waals surface area contributed by atoms with E-state index in [0.717, 1.165) is 12.8 Å². The molecule has 1 aromatic rings. The fourth-order valence-electron chi connectivity index (χ4n) is 2.79. The van der Waals surface area contributed by atoms with Crippen LogP contribution in [-0.2, 0) is 16.0 Å². The van der Waals surface area contributed by atoms with Crippen LogP contribution in [0.2, 0.25) is 0 Å². The van der Waals surface area contributed by atoms with Crippen molar-refractivity contribution in [2.75, 3.05) is 6.61 Å². The molecule has 0 aliphatic rings. The summed E-state index contributed by atoms with van der Waals surface area (Å²) in [6, 6.07) is 8.80. The summed E-state index contributed by atoms with van der Waals surface area (Å²) >= 11 is 0. The van der Waals surface area contributed by atoms with Gasteiger partial charge >= 0.3 is 5.97 Å². The van der Waals surface area contributed by atoms with Crippen molar-refractivity contribution in [3.05, 3.63) is 41.5 Å². The Labute approximate surface area is 154 Å². The van der Waals surface area contributed by atoms with Crippen LogP contribution in [-0.4, -0.2) is 12.6 Å². The number of benzene rings is 1. The van der Waals surface area contributed by atoms with E-state index in [9.17, 15) is 4.79 Å². The SMILES string of the molecule is CCCCCCCCCc1ccc(C=CCCC(=O)OCCC)cc1. The second-order valence-corrected chi connectivity index (χ2v) is 6.77. The van der Waals surface area contributed by atoms with Gasteiger partial charge in [0, 0.05) is 6.42 Å². The van der Waals surface area contributed by atoms with Gasteiger partial charge in [0.2, 0.25) is 0 Å². The number of rotatable bonds is 14. The molecule has 0 saturated carbocycles. The molecule has 1 aromatic carbocycles. The molecule has 0 N–H and O–H groups in total. The van der Waals surface area contributed by atoms with Crippen molar-refractivity contribution in [3.8, 4) is 0 Å². The maximum absolute atomic E-state index is 11.4. The van der Waals surface area contributed by atoms with Gasteiger partial charge in [0.1, 0.15) is 0 Å². The molecule has 1 rings (SSSR count). The molecule has 0 radical (unpaired) electrons. The number of aryl methyl sites for hydroxylation is 1. The van der Waals surface area contributed by atoms with Crippen molar-refractivity contribution in [3.63, 3.8) is 0 Å². The van der Waals surface area contributed by atoms with E-state index >= 15 is 0 Å². The Bertz CT molecular complexity index is 473. The molecular weight excluding hydrogens is 308 g/mol. The van der Waals surface area contributed by atoms with Crippen LogP contribution in [0.3, 0.4) is 0 Å². The van der Waals surface area contributed by atoms with Gasteiger partial charge in [-0.3, -0.25) is 4.79 Å². The van der Waals surface area contributed by atoms with E-state index < -0.39 is 0 Å². The van der Waals surface area contributed by atoms with Crippen molar-refractivity contribution >= 4 is 12.0 Å². The van der Waals surface area contributed by atoms with Gasteiger partial charge in [-0.2, -0.15) is 0 Å². The fourth-order valence-corrected chi connectivity index (χ4v) is 2.79. The monoisotopic (exact) mass is 344 g/mol. The Morgan fingerprint density at radius 1 is 0.920 bits per heavy atom. The van der Waals surface area contributed by atoms with Gasteiger partial charge in [0.05, 0.1) is 6.61 Å². The molecule has 0 spiro atoms. The first kappa shape index (κ1) is 21.5. The Kier molecular flexibility index (Phi) is 12.7. The fraction of sp³-hybridized carbons (Fsp3) is 0.609. The maximum atomic E-state index is 11.4. The largest absolute Gasteiger partial charge is 0.466 e. The van der Waals surface area contributed by atoms with Crippen LogP contribution in [0.25, 0.3) is 6.08 Å². The average molecular weight is 345 g/mol. The lowest BCUT2D eigenvalue weighted by atomic mass is 10.0. The van der Waals surface area contributed by atoms with E-state index in [1.54, 1.807) is 0 Å². The molecule has 0 atom stereocenters. The molecule has 0 aliphatic heterocycles. The first-order chi connectivity index (χ1) is 12.3. The molecule has 0 heterocycles. The van der Waals surface area contributed by atoms with E-state index in [0.29, 0.717) is 13.0 Å². The topological polar surface area (TPSA) is 26.3 Å². The lowest BCUT2D eigenvalue weighted by molar-refractivity contribution is -0.143. The summed E-state index contributed by atoms with van der Waals surface area (Å²) in [6.07, 6.45) is 16.9. The van der Waals surface area contributed by atoms with Crippen molar-refractivity contribution in [1.29, 1.82) is 0 Å². The third-order valence-electron chi connectivity index (χ3n) is 4.34. The lowest BCUT2D eigenvalue weighted by Gasteiger charge is -2.03. The van der Waals surface area contributed by atoms with Crippen molar-refractivity contribution < 1.29 is 9.53 Å². The molecule has 0 amide bonds. The van der Waals surface area contributed by atoms with E-state index in [4.69, 9.17) is 4.74 Å². The lowest BCUT2D eigenvalue weighted by Crippen LogP contribution is -2.03. The Morgan fingerprint density at radius 2 is 1.60 bits per heavy atom. The molecule has 2 nitrogen and oxygen atoms in total. The highest BCUT2D eigenvalue weighted by atomic mass is 16.5. The normalized spacial score (nSPS) is 11.1. The summed E-state index contributed by atoms with van der Waals surface area (Å²) in [6.45, 7) is 4.80. The Balaban J connectivity index is 2.16. The third kappa shape index (κ3) is 11.6. The number of ether oxygens (including phenoxy) is 1. The number of carbonyl (C=O) groups is 1. The first-order valence-corrected chi connectivity index (χ1v) is 10.2. The summed E-state index contributed by atoms with van der Waals surface area (Å²) < 4.78 is 5.06. The van der Waals surface area contributed by atoms with Crippen LogP contribution in [0.1, 0.15) is 89.2 Å². The predicted molar refractivity (Wildman–Crippen MR) is 108 cm³/mol. The molecule has 0 aromatic heterocycles. The van der Waals surface area contributed by atoms with Gasteiger partial charge in [-0.15, -0.1) is 0 Å². The first-order valence-electron chi connectivity index (χ1n) is 10.2. The Morgan fingerprint density at radius 3 is 2.28 bits per heavy atom. The van der Waals surface area contributed by atoms with Gasteiger partial charge < -0.3 is 4.74 Å². The van der Waals surface area contributed by atoms with Gasteiger partial charge in [-0.05, 0) is 36.8 Å². The molecule has 0 saturated heterocycles. The van der Waals surface area contributed by atoms with Gasteiger partial charge in [-0.1, -0.05) is 88.8 Å². The second-order valence-electron chi connectivity index (χ2n) is 6.77. The summed E-state index contributed by atoms with van der Waals surface area (Å²) in [4.78, 5) is 11.4. The number of carbonyl (C=O) groups excluding carboxylic acids is 1. The van der Waals surface area contributed by atoms with Crippen LogP contribution < -0.4 is 0 Å². The van der Waals surface area contributed by atoms with Crippen molar-refractivity contribution in [2.45, 2.75) is 84.5 Å². The minimum absolute atomic E-state index is 0.100. The van der Waals surface area contributed by atoms with Crippen LogP contribution in [0.15, 0.2) is 30.3 Å².